The van der Waals surface area contributed by atoms with E-state index in [1.165, 1.54) is 0 Å². The number of carboxylic acids is 1. The van der Waals surface area contributed by atoms with Crippen LogP contribution in [0.1, 0.15) is 5.56 Å². The summed E-state index contributed by atoms with van der Waals surface area (Å²) in [5.41, 5.74) is 1.98. The zero-order chi connectivity index (χ0) is 14.1. The van der Waals surface area contributed by atoms with Crippen molar-refractivity contribution in [2.24, 2.45) is 0 Å². The van der Waals surface area contributed by atoms with Crippen LogP contribution < -0.4 is 4.74 Å². The van der Waals surface area contributed by atoms with Crippen LogP contribution in [0.3, 0.4) is 0 Å². The second kappa shape index (κ2) is 4.70. The van der Waals surface area contributed by atoms with Crippen molar-refractivity contribution in [3.8, 4) is 5.75 Å². The lowest BCUT2D eigenvalue weighted by atomic mass is 10.1. The predicted octanol–water partition coefficient (Wildman–Crippen LogP) is 3.09. The first kappa shape index (κ1) is 12.2. The average Bonchev–Trinajstić information content (AvgIpc) is 2.84. The van der Waals surface area contributed by atoms with Crippen LogP contribution in [0.2, 0.25) is 0 Å². The molecule has 2 aromatic heterocycles. The van der Waals surface area contributed by atoms with E-state index in [0.29, 0.717) is 16.9 Å². The van der Waals surface area contributed by atoms with Crippen molar-refractivity contribution in [1.29, 1.82) is 0 Å². The quantitative estimate of drug-likeness (QED) is 0.740. The Balaban J connectivity index is 2.38. The monoisotopic (exact) mass is 269 g/mol. The number of hydrogen-bond donors (Lipinski definition) is 1. The van der Waals surface area contributed by atoms with Crippen LogP contribution >= 0.6 is 0 Å². The zero-order valence-electron chi connectivity index (χ0n) is 10.7. The Morgan fingerprint density at radius 2 is 2.25 bits per heavy atom. The first-order chi connectivity index (χ1) is 9.70. The maximum atomic E-state index is 10.7. The number of hydrogen-bond acceptors (Lipinski definition) is 4. The molecule has 5 nitrogen and oxygen atoms in total. The minimum absolute atomic E-state index is 0.586. The molecular formula is C15H11NO4. The molecule has 0 unspecified atom stereocenters. The Labute approximate surface area is 114 Å². The first-order valence-corrected chi connectivity index (χ1v) is 5.95. The summed E-state index contributed by atoms with van der Waals surface area (Å²) in [7, 11) is 1.56. The van der Waals surface area contributed by atoms with E-state index < -0.39 is 5.97 Å². The smallest absolute Gasteiger partial charge is 0.328 e. The van der Waals surface area contributed by atoms with Gasteiger partial charge in [0, 0.05) is 23.0 Å². The topological polar surface area (TPSA) is 72.6 Å². The number of ether oxygens (including phenoxy) is 1. The van der Waals surface area contributed by atoms with Gasteiger partial charge in [-0.15, -0.1) is 0 Å². The average molecular weight is 269 g/mol. The highest BCUT2D eigenvalue weighted by Gasteiger charge is 2.14. The minimum atomic E-state index is -0.997. The highest BCUT2D eigenvalue weighted by Crippen LogP contribution is 2.37. The van der Waals surface area contributed by atoms with Gasteiger partial charge in [-0.3, -0.25) is 4.98 Å². The standard InChI is InChI=1S/C15H11NO4/c1-19-11-4-2-9(3-5-13(17)18)14-10-6-7-16-8-12(10)20-15(11)14/h2-8H,1H3,(H,17,18)/b5-3+. The molecule has 0 radical (unpaired) electrons. The van der Waals surface area contributed by atoms with E-state index in [9.17, 15) is 4.79 Å². The molecule has 3 aromatic rings. The Hall–Kier alpha value is -2.82. The first-order valence-electron chi connectivity index (χ1n) is 5.95. The molecule has 3 rings (SSSR count). The fourth-order valence-electron chi connectivity index (χ4n) is 2.20. The van der Waals surface area contributed by atoms with Crippen LogP contribution in [0.5, 0.6) is 5.75 Å². The molecule has 0 bridgehead atoms. The van der Waals surface area contributed by atoms with Crippen LogP contribution in [-0.2, 0) is 4.79 Å². The predicted molar refractivity (Wildman–Crippen MR) is 74.7 cm³/mol. The van der Waals surface area contributed by atoms with E-state index in [4.69, 9.17) is 14.3 Å². The van der Waals surface area contributed by atoms with Crippen LogP contribution in [0, 0.1) is 0 Å². The molecule has 0 saturated heterocycles. The molecule has 0 amide bonds. The molecule has 0 aliphatic carbocycles. The number of pyridine rings is 1. The van der Waals surface area contributed by atoms with Crippen molar-refractivity contribution in [2.75, 3.05) is 7.11 Å². The Kier molecular flexibility index (Phi) is 2.87. The molecule has 0 spiro atoms. The molecule has 2 heterocycles. The van der Waals surface area contributed by atoms with Crippen molar-refractivity contribution in [2.45, 2.75) is 0 Å². The second-order valence-corrected chi connectivity index (χ2v) is 4.21. The molecule has 0 atom stereocenters. The van der Waals surface area contributed by atoms with Gasteiger partial charge < -0.3 is 14.3 Å². The van der Waals surface area contributed by atoms with Gasteiger partial charge in [0.25, 0.3) is 0 Å². The lowest BCUT2D eigenvalue weighted by Crippen LogP contribution is -1.87. The molecule has 20 heavy (non-hydrogen) atoms. The largest absolute Gasteiger partial charge is 0.493 e. The van der Waals surface area contributed by atoms with Gasteiger partial charge in [0.2, 0.25) is 0 Å². The van der Waals surface area contributed by atoms with Crippen molar-refractivity contribution in [3.63, 3.8) is 0 Å². The summed E-state index contributed by atoms with van der Waals surface area (Å²) >= 11 is 0. The molecule has 5 heteroatoms. The van der Waals surface area contributed by atoms with E-state index in [1.54, 1.807) is 37.7 Å². The van der Waals surface area contributed by atoms with Crippen LogP contribution in [0.15, 0.2) is 41.1 Å². The number of furan rings is 1. The molecule has 0 fully saturated rings. The minimum Gasteiger partial charge on any atom is -0.493 e. The van der Waals surface area contributed by atoms with Gasteiger partial charge in [-0.1, -0.05) is 6.07 Å². The zero-order valence-corrected chi connectivity index (χ0v) is 10.7. The fraction of sp³-hybridized carbons (Fsp3) is 0.0667. The summed E-state index contributed by atoms with van der Waals surface area (Å²) in [6.07, 6.45) is 5.93. The highest BCUT2D eigenvalue weighted by molar-refractivity contribution is 6.11. The fourth-order valence-corrected chi connectivity index (χ4v) is 2.20. The van der Waals surface area contributed by atoms with Crippen LogP contribution in [-0.4, -0.2) is 23.2 Å². The van der Waals surface area contributed by atoms with Gasteiger partial charge in [0.15, 0.2) is 16.9 Å². The molecule has 1 N–H and O–H groups in total. The number of rotatable bonds is 3. The van der Waals surface area contributed by atoms with Crippen molar-refractivity contribution in [1.82, 2.24) is 4.98 Å². The van der Waals surface area contributed by atoms with Gasteiger partial charge in [-0.25, -0.2) is 4.79 Å². The summed E-state index contributed by atoms with van der Waals surface area (Å²) < 4.78 is 11.0. The van der Waals surface area contributed by atoms with Crippen LogP contribution in [0.25, 0.3) is 28.0 Å². The highest BCUT2D eigenvalue weighted by atomic mass is 16.5. The van der Waals surface area contributed by atoms with Gasteiger partial charge in [-0.05, 0) is 23.8 Å². The van der Waals surface area contributed by atoms with Gasteiger partial charge in [0.05, 0.1) is 13.3 Å². The molecule has 0 aliphatic heterocycles. The maximum Gasteiger partial charge on any atom is 0.328 e. The number of benzene rings is 1. The molecule has 1 aromatic carbocycles. The molecule has 0 aliphatic rings. The summed E-state index contributed by atoms with van der Waals surface area (Å²) in [5.74, 6) is -0.396. The Bertz CT molecular complexity index is 832. The number of methoxy groups -OCH3 is 1. The van der Waals surface area contributed by atoms with Crippen molar-refractivity contribution in [3.05, 3.63) is 42.2 Å². The number of aromatic nitrogens is 1. The number of fused-ring (bicyclic) bond motifs is 3. The number of carboxylic acid groups (broad SMARTS) is 1. The number of nitrogens with zero attached hydrogens (tertiary/aromatic N) is 1. The van der Waals surface area contributed by atoms with Gasteiger partial charge in [-0.2, -0.15) is 0 Å². The third-order valence-corrected chi connectivity index (χ3v) is 3.05. The Morgan fingerprint density at radius 3 is 3.00 bits per heavy atom. The normalized spacial score (nSPS) is 11.4. The van der Waals surface area contributed by atoms with Crippen molar-refractivity contribution < 1.29 is 19.1 Å². The third-order valence-electron chi connectivity index (χ3n) is 3.05. The summed E-state index contributed by atoms with van der Waals surface area (Å²) in [6, 6.07) is 5.38. The Morgan fingerprint density at radius 1 is 1.40 bits per heavy atom. The van der Waals surface area contributed by atoms with Crippen molar-refractivity contribution >= 4 is 34.0 Å². The van der Waals surface area contributed by atoms with E-state index in [1.807, 2.05) is 6.07 Å². The van der Waals surface area contributed by atoms with E-state index in [0.717, 1.165) is 22.4 Å². The summed E-state index contributed by atoms with van der Waals surface area (Å²) in [6.45, 7) is 0. The second-order valence-electron chi connectivity index (χ2n) is 4.21. The van der Waals surface area contributed by atoms with Gasteiger partial charge >= 0.3 is 5.97 Å². The van der Waals surface area contributed by atoms with E-state index in [2.05, 4.69) is 4.98 Å². The summed E-state index contributed by atoms with van der Waals surface area (Å²) in [4.78, 5) is 14.7. The molecule has 0 saturated carbocycles. The number of carbonyl (C=O) groups is 1. The summed E-state index contributed by atoms with van der Waals surface area (Å²) in [5, 5.41) is 10.5. The van der Waals surface area contributed by atoms with Gasteiger partial charge in [0.1, 0.15) is 0 Å². The van der Waals surface area contributed by atoms with Crippen LogP contribution in [0.4, 0.5) is 0 Å². The number of aliphatic carboxylic acids is 1. The maximum absolute atomic E-state index is 10.7. The molecule has 100 valence electrons. The SMILES string of the molecule is COc1ccc(/C=C/C(=O)O)c2c1oc1cnccc12. The third kappa shape index (κ3) is 1.89. The van der Waals surface area contributed by atoms with E-state index in [-0.39, 0.29) is 0 Å². The molecular weight excluding hydrogens is 258 g/mol. The van der Waals surface area contributed by atoms with E-state index >= 15 is 0 Å². The lowest BCUT2D eigenvalue weighted by Gasteiger charge is -2.02. The lowest BCUT2D eigenvalue weighted by molar-refractivity contribution is -0.131.